The van der Waals surface area contributed by atoms with Gasteiger partial charge in [-0.3, -0.25) is 0 Å². The van der Waals surface area contributed by atoms with Crippen LogP contribution in [0.1, 0.15) is 29.9 Å². The van der Waals surface area contributed by atoms with Crippen molar-refractivity contribution in [2.24, 2.45) is 7.05 Å². The van der Waals surface area contributed by atoms with Crippen LogP contribution in [-0.2, 0) is 21.6 Å². The molecule has 0 saturated heterocycles. The molecule has 1 aromatic heterocycles. The van der Waals surface area contributed by atoms with E-state index in [-0.39, 0.29) is 11.0 Å². The number of carbonyl (C=O) groups is 1. The van der Waals surface area contributed by atoms with Gasteiger partial charge in [0, 0.05) is 29.9 Å². The number of carbonyl (C=O) groups excluding carboxylic acids is 1. The number of hydrogen-bond acceptors (Lipinski definition) is 4. The molecule has 0 atom stereocenters. The number of rotatable bonds is 3. The van der Waals surface area contributed by atoms with Crippen LogP contribution in [0.25, 0.3) is 10.9 Å². The van der Waals surface area contributed by atoms with Gasteiger partial charge in [-0.15, -0.1) is 0 Å². The summed E-state index contributed by atoms with van der Waals surface area (Å²) in [5.74, 6) is -0.432. The van der Waals surface area contributed by atoms with Crippen LogP contribution in [0, 0.1) is 6.92 Å². The third kappa shape index (κ3) is 2.81. The first kappa shape index (κ1) is 15.6. The van der Waals surface area contributed by atoms with E-state index in [2.05, 4.69) is 0 Å². The molecule has 0 N–H and O–H groups in total. The van der Waals surface area contributed by atoms with E-state index in [1.807, 2.05) is 18.5 Å². The van der Waals surface area contributed by atoms with Gasteiger partial charge in [-0.05, 0) is 39.0 Å². The van der Waals surface area contributed by atoms with Crippen molar-refractivity contribution in [3.05, 3.63) is 29.5 Å². The molecule has 0 aliphatic rings. The summed E-state index contributed by atoms with van der Waals surface area (Å²) in [5.41, 5.74) is 1.98. The first-order chi connectivity index (χ1) is 9.62. The van der Waals surface area contributed by atoms with E-state index in [1.165, 1.54) is 6.07 Å². The quantitative estimate of drug-likeness (QED) is 0.817. The van der Waals surface area contributed by atoms with Crippen molar-refractivity contribution >= 4 is 26.7 Å². The van der Waals surface area contributed by atoms with Gasteiger partial charge in [-0.2, -0.15) is 0 Å². The second-order valence-corrected chi connectivity index (χ2v) is 7.44. The summed E-state index contributed by atoms with van der Waals surface area (Å²) in [5, 5.41) is 0.601. The van der Waals surface area contributed by atoms with Gasteiger partial charge in [0.2, 0.25) is 0 Å². The second kappa shape index (κ2) is 5.18. The van der Waals surface area contributed by atoms with E-state index in [0.717, 1.165) is 17.5 Å². The smallest absolute Gasteiger partial charge is 0.340 e. The number of ether oxygens (including phenoxy) is 1. The molecule has 1 aromatic carbocycles. The molecule has 0 aliphatic carbocycles. The molecule has 0 bridgehead atoms. The molecule has 1 heterocycles. The minimum Gasteiger partial charge on any atom is -0.459 e. The number of esters is 1. The average molecular weight is 309 g/mol. The summed E-state index contributed by atoms with van der Waals surface area (Å²) in [7, 11) is -1.49. The molecule has 0 fully saturated rings. The van der Waals surface area contributed by atoms with Gasteiger partial charge in [-0.25, -0.2) is 13.2 Å². The van der Waals surface area contributed by atoms with E-state index in [9.17, 15) is 13.2 Å². The molecule has 5 nitrogen and oxygen atoms in total. The van der Waals surface area contributed by atoms with Crippen LogP contribution in [-0.4, -0.2) is 31.3 Å². The molecule has 21 heavy (non-hydrogen) atoms. The summed E-state index contributed by atoms with van der Waals surface area (Å²) in [6.07, 6.45) is 0.918. The van der Waals surface area contributed by atoms with Gasteiger partial charge in [-0.1, -0.05) is 0 Å². The fourth-order valence-electron chi connectivity index (χ4n) is 2.31. The van der Waals surface area contributed by atoms with Crippen molar-refractivity contribution in [3.63, 3.8) is 0 Å². The SMILES string of the molecule is Cc1c(C(=O)OC(C)C)c2cc(S(C)(=O)=O)ccc2n1C. The lowest BCUT2D eigenvalue weighted by molar-refractivity contribution is 0.0379. The molecule has 0 radical (unpaired) electrons. The molecular weight excluding hydrogens is 290 g/mol. The van der Waals surface area contributed by atoms with Crippen LogP contribution < -0.4 is 0 Å². The summed E-state index contributed by atoms with van der Waals surface area (Å²) in [6.45, 7) is 5.37. The number of sulfone groups is 1. The molecule has 0 unspecified atom stereocenters. The second-order valence-electron chi connectivity index (χ2n) is 5.42. The van der Waals surface area contributed by atoms with E-state index < -0.39 is 15.8 Å². The Hall–Kier alpha value is -1.82. The van der Waals surface area contributed by atoms with Crippen LogP contribution in [0.2, 0.25) is 0 Å². The van der Waals surface area contributed by atoms with Crippen molar-refractivity contribution in [2.75, 3.05) is 6.26 Å². The Labute approximate surface area is 124 Å². The molecule has 0 saturated carbocycles. The molecule has 114 valence electrons. The number of aryl methyl sites for hydroxylation is 1. The number of nitrogens with zero attached hydrogens (tertiary/aromatic N) is 1. The van der Waals surface area contributed by atoms with Gasteiger partial charge < -0.3 is 9.30 Å². The Morgan fingerprint density at radius 2 is 1.90 bits per heavy atom. The third-order valence-electron chi connectivity index (χ3n) is 3.44. The van der Waals surface area contributed by atoms with Crippen LogP contribution in [0.4, 0.5) is 0 Å². The average Bonchev–Trinajstić information content (AvgIpc) is 2.59. The summed E-state index contributed by atoms with van der Waals surface area (Å²) >= 11 is 0. The lowest BCUT2D eigenvalue weighted by Crippen LogP contribution is -2.12. The highest BCUT2D eigenvalue weighted by Gasteiger charge is 2.22. The van der Waals surface area contributed by atoms with E-state index in [1.54, 1.807) is 26.0 Å². The lowest BCUT2D eigenvalue weighted by atomic mass is 10.1. The molecule has 0 aliphatic heterocycles. The zero-order valence-corrected chi connectivity index (χ0v) is 13.6. The Balaban J connectivity index is 2.74. The Morgan fingerprint density at radius 3 is 2.43 bits per heavy atom. The molecule has 0 amide bonds. The zero-order valence-electron chi connectivity index (χ0n) is 12.8. The predicted molar refractivity (Wildman–Crippen MR) is 81.3 cm³/mol. The number of aromatic nitrogens is 1. The fourth-order valence-corrected chi connectivity index (χ4v) is 2.96. The maximum Gasteiger partial charge on any atom is 0.340 e. The predicted octanol–water partition coefficient (Wildman–Crippen LogP) is 2.46. The van der Waals surface area contributed by atoms with Crippen molar-refractivity contribution in [1.29, 1.82) is 0 Å². The van der Waals surface area contributed by atoms with Crippen LogP contribution in [0.3, 0.4) is 0 Å². The van der Waals surface area contributed by atoms with Gasteiger partial charge in [0.1, 0.15) is 0 Å². The Morgan fingerprint density at radius 1 is 1.29 bits per heavy atom. The van der Waals surface area contributed by atoms with Crippen molar-refractivity contribution in [1.82, 2.24) is 4.57 Å². The normalized spacial score (nSPS) is 12.1. The number of benzene rings is 1. The third-order valence-corrected chi connectivity index (χ3v) is 4.55. The topological polar surface area (TPSA) is 65.4 Å². The lowest BCUT2D eigenvalue weighted by Gasteiger charge is -2.08. The Kier molecular flexibility index (Phi) is 3.84. The summed E-state index contributed by atoms with van der Waals surface area (Å²) in [4.78, 5) is 12.5. The monoisotopic (exact) mass is 309 g/mol. The first-order valence-corrected chi connectivity index (χ1v) is 8.52. The van der Waals surface area contributed by atoms with Crippen LogP contribution in [0.5, 0.6) is 0 Å². The zero-order chi connectivity index (χ0) is 15.9. The highest BCUT2D eigenvalue weighted by Crippen LogP contribution is 2.28. The first-order valence-electron chi connectivity index (χ1n) is 6.63. The Bertz CT molecular complexity index is 816. The molecule has 0 spiro atoms. The highest BCUT2D eigenvalue weighted by atomic mass is 32.2. The van der Waals surface area contributed by atoms with Crippen molar-refractivity contribution in [3.8, 4) is 0 Å². The standard InChI is InChI=1S/C15H19NO4S/c1-9(2)20-15(17)14-10(3)16(4)13-7-6-11(8-12(13)14)21(5,18)19/h6-9H,1-5H3. The van der Waals surface area contributed by atoms with Gasteiger partial charge in [0.05, 0.1) is 16.6 Å². The fraction of sp³-hybridized carbons (Fsp3) is 0.400. The molecule has 2 rings (SSSR count). The van der Waals surface area contributed by atoms with E-state index in [4.69, 9.17) is 4.74 Å². The number of fused-ring (bicyclic) bond motifs is 1. The minimum absolute atomic E-state index is 0.194. The summed E-state index contributed by atoms with van der Waals surface area (Å²) < 4.78 is 30.5. The van der Waals surface area contributed by atoms with E-state index >= 15 is 0 Å². The molecular formula is C15H19NO4S. The van der Waals surface area contributed by atoms with E-state index in [0.29, 0.717) is 10.9 Å². The van der Waals surface area contributed by atoms with Crippen molar-refractivity contribution in [2.45, 2.75) is 31.8 Å². The van der Waals surface area contributed by atoms with Crippen molar-refractivity contribution < 1.29 is 17.9 Å². The van der Waals surface area contributed by atoms with Crippen LogP contribution >= 0.6 is 0 Å². The summed E-state index contributed by atoms with van der Waals surface area (Å²) in [6, 6.07) is 4.80. The van der Waals surface area contributed by atoms with Gasteiger partial charge >= 0.3 is 5.97 Å². The maximum absolute atomic E-state index is 12.3. The maximum atomic E-state index is 12.3. The number of hydrogen-bond donors (Lipinski definition) is 0. The molecule has 2 aromatic rings. The minimum atomic E-state index is -3.32. The largest absolute Gasteiger partial charge is 0.459 e. The van der Waals surface area contributed by atoms with Crippen LogP contribution in [0.15, 0.2) is 23.1 Å². The highest BCUT2D eigenvalue weighted by molar-refractivity contribution is 7.90. The molecule has 6 heteroatoms. The van der Waals surface area contributed by atoms with Gasteiger partial charge in [0.15, 0.2) is 9.84 Å². The van der Waals surface area contributed by atoms with Gasteiger partial charge in [0.25, 0.3) is 0 Å².